The Kier molecular flexibility index (Phi) is 7.24. The summed E-state index contributed by atoms with van der Waals surface area (Å²) in [5.41, 5.74) is 1.72. The van der Waals surface area contributed by atoms with Crippen molar-refractivity contribution in [2.75, 3.05) is 0 Å². The van der Waals surface area contributed by atoms with E-state index in [1.165, 1.54) is 16.8 Å². The van der Waals surface area contributed by atoms with Crippen LogP contribution in [-0.4, -0.2) is 20.8 Å². The summed E-state index contributed by atoms with van der Waals surface area (Å²) >= 11 is 10.4. The van der Waals surface area contributed by atoms with Crippen LogP contribution in [0.5, 0.6) is 5.75 Å². The molecule has 0 N–H and O–H groups in total. The fraction of sp³-hybridized carbons (Fsp3) is 0.0870. The van der Waals surface area contributed by atoms with Gasteiger partial charge in [0.2, 0.25) is 0 Å². The number of aromatic nitrogens is 2. The van der Waals surface area contributed by atoms with Crippen molar-refractivity contribution >= 4 is 70.6 Å². The standard InChI is InChI=1S/C23H15Br3N4O4/c1-13-28-21-6-5-16(24)10-18(21)23(31)29(13)27-11-15-8-19(25)22(20(26)9-15)34-12-14-3-2-4-17(7-14)30(32)33/h2-11H,12H2,1H3. The predicted molar refractivity (Wildman–Crippen MR) is 141 cm³/mol. The summed E-state index contributed by atoms with van der Waals surface area (Å²) in [6, 6.07) is 15.2. The van der Waals surface area contributed by atoms with Gasteiger partial charge >= 0.3 is 0 Å². The molecule has 0 atom stereocenters. The van der Waals surface area contributed by atoms with Crippen molar-refractivity contribution in [2.24, 2.45) is 5.10 Å². The third-order valence-corrected chi connectivity index (χ3v) is 6.49. The van der Waals surface area contributed by atoms with E-state index in [4.69, 9.17) is 4.74 Å². The molecule has 172 valence electrons. The summed E-state index contributed by atoms with van der Waals surface area (Å²) in [4.78, 5) is 27.9. The molecule has 8 nitrogen and oxygen atoms in total. The molecular formula is C23H15Br3N4O4. The number of hydrogen-bond acceptors (Lipinski definition) is 6. The maximum atomic E-state index is 12.9. The largest absolute Gasteiger partial charge is 0.487 e. The average molecular weight is 651 g/mol. The quantitative estimate of drug-likeness (QED) is 0.137. The summed E-state index contributed by atoms with van der Waals surface area (Å²) in [5, 5.41) is 15.8. The van der Waals surface area contributed by atoms with Crippen LogP contribution < -0.4 is 10.3 Å². The fourth-order valence-electron chi connectivity index (χ4n) is 3.23. The minimum Gasteiger partial charge on any atom is -0.487 e. The first-order valence-corrected chi connectivity index (χ1v) is 12.2. The SMILES string of the molecule is Cc1nc2ccc(Br)cc2c(=O)n1N=Cc1cc(Br)c(OCc2cccc([N+](=O)[O-])c2)c(Br)c1. The number of nitro benzene ring substituents is 1. The maximum Gasteiger partial charge on any atom is 0.282 e. The lowest BCUT2D eigenvalue weighted by Crippen LogP contribution is -2.20. The van der Waals surface area contributed by atoms with Gasteiger partial charge in [-0.3, -0.25) is 14.9 Å². The van der Waals surface area contributed by atoms with E-state index in [1.54, 1.807) is 49.5 Å². The number of aryl methyl sites for hydroxylation is 1. The van der Waals surface area contributed by atoms with Gasteiger partial charge in [0.15, 0.2) is 0 Å². The van der Waals surface area contributed by atoms with E-state index < -0.39 is 4.92 Å². The molecule has 4 rings (SSSR count). The summed E-state index contributed by atoms with van der Waals surface area (Å²) < 4.78 is 9.21. The highest BCUT2D eigenvalue weighted by molar-refractivity contribution is 9.11. The molecule has 1 aromatic heterocycles. The third kappa shape index (κ3) is 5.26. The molecular weight excluding hydrogens is 636 g/mol. The van der Waals surface area contributed by atoms with E-state index in [1.807, 2.05) is 6.07 Å². The Morgan fingerprint density at radius 3 is 2.56 bits per heavy atom. The molecule has 0 unspecified atom stereocenters. The van der Waals surface area contributed by atoms with Gasteiger partial charge in [-0.15, -0.1) is 0 Å². The summed E-state index contributed by atoms with van der Waals surface area (Å²) in [5.74, 6) is 1.00. The Morgan fingerprint density at radius 2 is 1.85 bits per heavy atom. The van der Waals surface area contributed by atoms with E-state index in [-0.39, 0.29) is 17.9 Å². The van der Waals surface area contributed by atoms with Gasteiger partial charge in [-0.2, -0.15) is 9.78 Å². The van der Waals surface area contributed by atoms with Gasteiger partial charge in [0, 0.05) is 16.6 Å². The Hall–Kier alpha value is -2.89. The predicted octanol–water partition coefficient (Wildman–Crippen LogP) is 6.36. The molecule has 4 aromatic rings. The number of rotatable bonds is 6. The summed E-state index contributed by atoms with van der Waals surface area (Å²) in [6.45, 7) is 1.87. The first-order chi connectivity index (χ1) is 16.2. The van der Waals surface area contributed by atoms with Gasteiger partial charge in [-0.05, 0) is 80.2 Å². The zero-order chi connectivity index (χ0) is 24.4. The number of nitrogens with zero attached hydrogens (tertiary/aromatic N) is 4. The number of non-ortho nitro benzene ring substituents is 1. The van der Waals surface area contributed by atoms with Crippen molar-refractivity contribution in [3.05, 3.63) is 105 Å². The first-order valence-electron chi connectivity index (χ1n) is 9.81. The van der Waals surface area contributed by atoms with Gasteiger partial charge in [0.25, 0.3) is 11.2 Å². The van der Waals surface area contributed by atoms with E-state index in [0.717, 1.165) is 4.47 Å². The molecule has 0 fully saturated rings. The molecule has 0 bridgehead atoms. The van der Waals surface area contributed by atoms with Gasteiger partial charge < -0.3 is 4.74 Å². The number of ether oxygens (including phenoxy) is 1. The monoisotopic (exact) mass is 648 g/mol. The van der Waals surface area contributed by atoms with Crippen LogP contribution >= 0.6 is 47.8 Å². The normalized spacial score (nSPS) is 11.3. The molecule has 0 aliphatic heterocycles. The Morgan fingerprint density at radius 1 is 1.12 bits per heavy atom. The second-order valence-corrected chi connectivity index (χ2v) is 9.84. The van der Waals surface area contributed by atoms with Crippen LogP contribution in [0.2, 0.25) is 0 Å². The van der Waals surface area contributed by atoms with Gasteiger partial charge in [0.1, 0.15) is 18.2 Å². The van der Waals surface area contributed by atoms with E-state index in [0.29, 0.717) is 42.5 Å². The van der Waals surface area contributed by atoms with Crippen LogP contribution in [0, 0.1) is 17.0 Å². The molecule has 0 aliphatic rings. The third-order valence-electron chi connectivity index (χ3n) is 4.82. The second kappa shape index (κ2) is 10.2. The lowest BCUT2D eigenvalue weighted by Gasteiger charge is -2.11. The minimum atomic E-state index is -0.444. The zero-order valence-corrected chi connectivity index (χ0v) is 22.3. The van der Waals surface area contributed by atoms with Crippen molar-refractivity contribution in [3.63, 3.8) is 0 Å². The Bertz CT molecular complexity index is 1500. The molecule has 0 saturated heterocycles. The lowest BCUT2D eigenvalue weighted by atomic mass is 10.2. The van der Waals surface area contributed by atoms with Crippen LogP contribution in [0.25, 0.3) is 10.9 Å². The van der Waals surface area contributed by atoms with Crippen molar-refractivity contribution in [3.8, 4) is 5.75 Å². The Balaban J connectivity index is 1.58. The maximum absolute atomic E-state index is 12.9. The number of fused-ring (bicyclic) bond motifs is 1. The zero-order valence-electron chi connectivity index (χ0n) is 17.5. The number of hydrogen-bond donors (Lipinski definition) is 0. The Labute approximate surface area is 218 Å². The minimum absolute atomic E-state index is 0.00636. The fourth-order valence-corrected chi connectivity index (χ4v) is 5.04. The smallest absolute Gasteiger partial charge is 0.282 e. The van der Waals surface area contributed by atoms with Crippen LogP contribution in [-0.2, 0) is 6.61 Å². The van der Waals surface area contributed by atoms with Gasteiger partial charge in [0.05, 0.1) is 31.0 Å². The van der Waals surface area contributed by atoms with Gasteiger partial charge in [-0.1, -0.05) is 28.1 Å². The second-order valence-electron chi connectivity index (χ2n) is 7.21. The van der Waals surface area contributed by atoms with Crippen molar-refractivity contribution in [1.82, 2.24) is 9.66 Å². The average Bonchev–Trinajstić information content (AvgIpc) is 2.79. The number of halogens is 3. The lowest BCUT2D eigenvalue weighted by molar-refractivity contribution is -0.384. The molecule has 1 heterocycles. The molecule has 0 aliphatic carbocycles. The molecule has 0 radical (unpaired) electrons. The molecule has 0 amide bonds. The molecule has 34 heavy (non-hydrogen) atoms. The van der Waals surface area contributed by atoms with E-state index >= 15 is 0 Å². The number of nitro groups is 1. The number of benzene rings is 3. The molecule has 11 heteroatoms. The van der Waals surface area contributed by atoms with E-state index in [2.05, 4.69) is 57.9 Å². The molecule has 0 spiro atoms. The molecule has 0 saturated carbocycles. The van der Waals surface area contributed by atoms with Crippen LogP contribution in [0.15, 0.2) is 77.9 Å². The van der Waals surface area contributed by atoms with Crippen molar-refractivity contribution in [2.45, 2.75) is 13.5 Å². The highest BCUT2D eigenvalue weighted by atomic mass is 79.9. The topological polar surface area (TPSA) is 99.6 Å². The highest BCUT2D eigenvalue weighted by Gasteiger charge is 2.12. The van der Waals surface area contributed by atoms with Gasteiger partial charge in [-0.25, -0.2) is 4.98 Å². The van der Waals surface area contributed by atoms with Crippen LogP contribution in [0.4, 0.5) is 5.69 Å². The van der Waals surface area contributed by atoms with Crippen molar-refractivity contribution < 1.29 is 9.66 Å². The van der Waals surface area contributed by atoms with E-state index in [9.17, 15) is 14.9 Å². The highest BCUT2D eigenvalue weighted by Crippen LogP contribution is 2.35. The summed E-state index contributed by atoms with van der Waals surface area (Å²) in [7, 11) is 0. The molecule has 3 aromatic carbocycles. The first kappa shape index (κ1) is 24.2. The van der Waals surface area contributed by atoms with Crippen LogP contribution in [0.1, 0.15) is 17.0 Å². The van der Waals surface area contributed by atoms with Crippen LogP contribution in [0.3, 0.4) is 0 Å². The summed E-state index contributed by atoms with van der Waals surface area (Å²) in [6.07, 6.45) is 1.56. The van der Waals surface area contributed by atoms with Crippen molar-refractivity contribution in [1.29, 1.82) is 0 Å².